The predicted octanol–water partition coefficient (Wildman–Crippen LogP) is 4.07. The van der Waals surface area contributed by atoms with Crippen LogP contribution in [0.1, 0.15) is 72.8 Å². The largest absolute Gasteiger partial charge is 0.445 e. The van der Waals surface area contributed by atoms with Crippen LogP contribution in [0.25, 0.3) is 0 Å². The van der Waals surface area contributed by atoms with Crippen LogP contribution in [0.3, 0.4) is 0 Å². The SMILES string of the molecule is CCCC[C@H](NC(=O)OCc1ccccc1)C(=O)N[C@H](C(=O)N(CCC)[C@H](C=O)C(C)C)C(C)C. The van der Waals surface area contributed by atoms with Crippen molar-refractivity contribution in [3.63, 3.8) is 0 Å². The summed E-state index contributed by atoms with van der Waals surface area (Å²) in [6, 6.07) is 7.06. The second-order valence-electron chi connectivity index (χ2n) is 9.53. The van der Waals surface area contributed by atoms with Crippen LogP contribution in [0.2, 0.25) is 0 Å². The lowest BCUT2D eigenvalue weighted by Gasteiger charge is -2.35. The highest BCUT2D eigenvalue weighted by Gasteiger charge is 2.35. The van der Waals surface area contributed by atoms with Crippen LogP contribution in [-0.2, 0) is 25.7 Å². The molecule has 0 spiro atoms. The fourth-order valence-corrected chi connectivity index (χ4v) is 3.77. The van der Waals surface area contributed by atoms with E-state index < -0.39 is 30.1 Å². The molecule has 196 valence electrons. The molecule has 1 rings (SSSR count). The first-order valence-corrected chi connectivity index (χ1v) is 12.7. The molecule has 3 atom stereocenters. The summed E-state index contributed by atoms with van der Waals surface area (Å²) in [6.07, 6.45) is 2.78. The zero-order valence-corrected chi connectivity index (χ0v) is 22.1. The number of hydrogen-bond acceptors (Lipinski definition) is 5. The van der Waals surface area contributed by atoms with Crippen molar-refractivity contribution in [1.29, 1.82) is 0 Å². The van der Waals surface area contributed by atoms with Gasteiger partial charge in [-0.1, -0.05) is 84.7 Å². The molecule has 1 aromatic rings. The third-order valence-corrected chi connectivity index (χ3v) is 5.83. The minimum Gasteiger partial charge on any atom is -0.445 e. The van der Waals surface area contributed by atoms with Gasteiger partial charge in [-0.2, -0.15) is 0 Å². The normalized spacial score (nSPS) is 13.6. The molecule has 35 heavy (non-hydrogen) atoms. The average Bonchev–Trinajstić information content (AvgIpc) is 2.83. The fraction of sp³-hybridized carbons (Fsp3) is 0.630. The first-order valence-electron chi connectivity index (χ1n) is 12.7. The summed E-state index contributed by atoms with van der Waals surface area (Å²) < 4.78 is 5.29. The summed E-state index contributed by atoms with van der Waals surface area (Å²) in [5.74, 6) is -0.986. The van der Waals surface area contributed by atoms with Crippen molar-refractivity contribution in [3.8, 4) is 0 Å². The third-order valence-electron chi connectivity index (χ3n) is 5.83. The molecule has 3 amide bonds. The average molecular weight is 490 g/mol. The zero-order valence-electron chi connectivity index (χ0n) is 22.1. The molecule has 8 heteroatoms. The van der Waals surface area contributed by atoms with Gasteiger partial charge in [-0.05, 0) is 30.2 Å². The smallest absolute Gasteiger partial charge is 0.408 e. The highest BCUT2D eigenvalue weighted by atomic mass is 16.5. The Morgan fingerprint density at radius 1 is 0.971 bits per heavy atom. The van der Waals surface area contributed by atoms with Gasteiger partial charge in [0, 0.05) is 6.54 Å². The minimum absolute atomic E-state index is 0.0510. The van der Waals surface area contributed by atoms with E-state index in [4.69, 9.17) is 4.74 Å². The van der Waals surface area contributed by atoms with E-state index in [0.29, 0.717) is 19.4 Å². The standard InChI is InChI=1S/C27H43N3O5/c1-7-9-15-22(28-27(34)35-18-21-13-11-10-12-14-21)25(32)29-24(20(5)6)26(33)30(16-8-2)23(17-31)19(3)4/h10-14,17,19-20,22-24H,7-9,15-16,18H2,1-6H3,(H,28,34)(H,29,32)/t22-,23+,24-/m0/s1. The van der Waals surface area contributed by atoms with Crippen LogP contribution >= 0.6 is 0 Å². The van der Waals surface area contributed by atoms with Crippen LogP contribution in [0.5, 0.6) is 0 Å². The Kier molecular flexibility index (Phi) is 13.7. The summed E-state index contributed by atoms with van der Waals surface area (Å²) in [5, 5.41) is 5.50. The van der Waals surface area contributed by atoms with Gasteiger partial charge in [-0.15, -0.1) is 0 Å². The van der Waals surface area contributed by atoms with Gasteiger partial charge in [0.2, 0.25) is 11.8 Å². The summed E-state index contributed by atoms with van der Waals surface area (Å²) in [7, 11) is 0. The molecule has 8 nitrogen and oxygen atoms in total. The van der Waals surface area contributed by atoms with Gasteiger partial charge in [-0.3, -0.25) is 9.59 Å². The lowest BCUT2D eigenvalue weighted by molar-refractivity contribution is -0.142. The molecule has 0 unspecified atom stereocenters. The number of hydrogen-bond donors (Lipinski definition) is 2. The zero-order chi connectivity index (χ0) is 26.4. The van der Waals surface area contributed by atoms with Crippen molar-refractivity contribution in [1.82, 2.24) is 15.5 Å². The van der Waals surface area contributed by atoms with E-state index in [1.54, 1.807) is 4.90 Å². The molecular formula is C27H43N3O5. The maximum absolute atomic E-state index is 13.5. The van der Waals surface area contributed by atoms with Gasteiger partial charge >= 0.3 is 6.09 Å². The first-order chi connectivity index (χ1) is 16.7. The van der Waals surface area contributed by atoms with E-state index in [2.05, 4.69) is 10.6 Å². The van der Waals surface area contributed by atoms with Gasteiger partial charge in [0.05, 0.1) is 6.04 Å². The Morgan fingerprint density at radius 2 is 1.63 bits per heavy atom. The van der Waals surface area contributed by atoms with Crippen LogP contribution in [0.15, 0.2) is 30.3 Å². The van der Waals surface area contributed by atoms with Crippen LogP contribution in [-0.4, -0.2) is 53.8 Å². The number of benzene rings is 1. The van der Waals surface area contributed by atoms with E-state index >= 15 is 0 Å². The van der Waals surface area contributed by atoms with Crippen LogP contribution in [0.4, 0.5) is 4.79 Å². The number of unbranched alkanes of at least 4 members (excludes halogenated alkanes) is 1. The number of aldehydes is 1. The Labute approximate surface area is 210 Å². The van der Waals surface area contributed by atoms with Crippen molar-refractivity contribution in [2.75, 3.05) is 6.54 Å². The molecule has 2 N–H and O–H groups in total. The Morgan fingerprint density at radius 3 is 2.14 bits per heavy atom. The molecule has 0 aliphatic rings. The molecule has 0 aromatic heterocycles. The molecule has 1 aromatic carbocycles. The molecule has 0 saturated heterocycles. The van der Waals surface area contributed by atoms with E-state index in [0.717, 1.165) is 24.7 Å². The fourth-order valence-electron chi connectivity index (χ4n) is 3.77. The number of amides is 3. The number of nitrogens with one attached hydrogen (secondary N) is 2. The Bertz CT molecular complexity index is 797. The molecule has 0 fully saturated rings. The molecule has 0 aliphatic carbocycles. The number of nitrogens with zero attached hydrogens (tertiary/aromatic N) is 1. The number of carbonyl (C=O) groups excluding carboxylic acids is 4. The predicted molar refractivity (Wildman–Crippen MR) is 137 cm³/mol. The van der Waals surface area contributed by atoms with Gasteiger partial charge in [-0.25, -0.2) is 4.79 Å². The maximum atomic E-state index is 13.5. The molecule has 0 aliphatic heterocycles. The maximum Gasteiger partial charge on any atom is 0.408 e. The summed E-state index contributed by atoms with van der Waals surface area (Å²) in [4.78, 5) is 52.4. The van der Waals surface area contributed by atoms with E-state index in [1.807, 2.05) is 71.9 Å². The van der Waals surface area contributed by atoms with E-state index in [1.165, 1.54) is 0 Å². The quantitative estimate of drug-likeness (QED) is 0.361. The van der Waals surface area contributed by atoms with Crippen molar-refractivity contribution < 1.29 is 23.9 Å². The van der Waals surface area contributed by atoms with Crippen molar-refractivity contribution >= 4 is 24.2 Å². The van der Waals surface area contributed by atoms with Crippen molar-refractivity contribution in [2.45, 2.75) is 92.0 Å². The minimum atomic E-state index is -0.834. The highest BCUT2D eigenvalue weighted by molar-refractivity contribution is 5.92. The van der Waals surface area contributed by atoms with Crippen molar-refractivity contribution in [3.05, 3.63) is 35.9 Å². The second kappa shape index (κ2) is 15.9. The Balaban J connectivity index is 2.96. The first kappa shape index (κ1) is 30.1. The lowest BCUT2D eigenvalue weighted by atomic mass is 9.97. The molecule has 0 radical (unpaired) electrons. The number of carbonyl (C=O) groups is 4. The summed E-state index contributed by atoms with van der Waals surface area (Å²) in [5.41, 5.74) is 0.841. The monoisotopic (exact) mass is 489 g/mol. The Hall–Kier alpha value is -2.90. The number of rotatable bonds is 15. The number of alkyl carbamates (subject to hydrolysis) is 1. The number of ether oxygens (including phenoxy) is 1. The summed E-state index contributed by atoms with van der Waals surface area (Å²) in [6.45, 7) is 11.9. The molecular weight excluding hydrogens is 446 g/mol. The molecule has 0 bridgehead atoms. The topological polar surface area (TPSA) is 105 Å². The second-order valence-corrected chi connectivity index (χ2v) is 9.53. The third kappa shape index (κ3) is 10.1. The molecule has 0 saturated carbocycles. The molecule has 0 heterocycles. The van der Waals surface area contributed by atoms with Gasteiger partial charge in [0.25, 0.3) is 0 Å². The van der Waals surface area contributed by atoms with Gasteiger partial charge in [0.1, 0.15) is 25.0 Å². The lowest BCUT2D eigenvalue weighted by Crippen LogP contribution is -2.58. The van der Waals surface area contributed by atoms with E-state index in [-0.39, 0.29) is 24.3 Å². The van der Waals surface area contributed by atoms with Crippen molar-refractivity contribution in [2.24, 2.45) is 11.8 Å². The van der Waals surface area contributed by atoms with E-state index in [9.17, 15) is 19.2 Å². The van der Waals surface area contributed by atoms with Gasteiger partial charge in [0.15, 0.2) is 0 Å². The highest BCUT2D eigenvalue weighted by Crippen LogP contribution is 2.15. The van der Waals surface area contributed by atoms with Crippen LogP contribution < -0.4 is 10.6 Å². The summed E-state index contributed by atoms with van der Waals surface area (Å²) >= 11 is 0. The van der Waals surface area contributed by atoms with Gasteiger partial charge < -0.3 is 25.1 Å². The van der Waals surface area contributed by atoms with Crippen LogP contribution in [0, 0.1) is 11.8 Å².